The Morgan fingerprint density at radius 3 is 2.86 bits per heavy atom. The molecule has 118 valence electrons. The Labute approximate surface area is 128 Å². The highest BCUT2D eigenvalue weighted by molar-refractivity contribution is 5.94. The zero-order valence-corrected chi connectivity index (χ0v) is 12.6. The highest BCUT2D eigenvalue weighted by Crippen LogP contribution is 2.19. The fourth-order valence-electron chi connectivity index (χ4n) is 2.49. The molecule has 0 radical (unpaired) electrons. The molecule has 1 aliphatic heterocycles. The summed E-state index contributed by atoms with van der Waals surface area (Å²) >= 11 is 0. The lowest BCUT2D eigenvalue weighted by Gasteiger charge is -2.29. The summed E-state index contributed by atoms with van der Waals surface area (Å²) in [4.78, 5) is 11.9. The topological polar surface area (TPSA) is 50.4 Å². The lowest BCUT2D eigenvalue weighted by molar-refractivity contribution is 0.0888. The van der Waals surface area contributed by atoms with Crippen molar-refractivity contribution < 1.29 is 18.3 Å². The van der Waals surface area contributed by atoms with E-state index in [1.807, 2.05) is 0 Å². The third kappa shape index (κ3) is 4.36. The second-order valence-corrected chi connectivity index (χ2v) is 5.05. The highest BCUT2D eigenvalue weighted by atomic mass is 35.5. The molecule has 21 heavy (non-hydrogen) atoms. The maximum atomic E-state index is 13.5. The first-order chi connectivity index (χ1) is 9.56. The molecule has 1 aliphatic rings. The Bertz CT molecular complexity index is 494. The predicted molar refractivity (Wildman–Crippen MR) is 77.8 cm³/mol. The van der Waals surface area contributed by atoms with E-state index in [1.54, 1.807) is 7.11 Å². The van der Waals surface area contributed by atoms with Gasteiger partial charge in [0.2, 0.25) is 0 Å². The summed E-state index contributed by atoms with van der Waals surface area (Å²) in [6.07, 6.45) is 1.86. The van der Waals surface area contributed by atoms with E-state index in [9.17, 15) is 13.6 Å². The van der Waals surface area contributed by atoms with Crippen LogP contribution in [0.15, 0.2) is 18.2 Å². The third-order valence-corrected chi connectivity index (χ3v) is 3.51. The van der Waals surface area contributed by atoms with Crippen molar-refractivity contribution in [2.75, 3.05) is 26.8 Å². The van der Waals surface area contributed by atoms with Crippen molar-refractivity contribution in [2.24, 2.45) is 0 Å². The van der Waals surface area contributed by atoms with Gasteiger partial charge in [-0.15, -0.1) is 12.4 Å². The van der Waals surface area contributed by atoms with Crippen LogP contribution in [0.4, 0.5) is 8.78 Å². The van der Waals surface area contributed by atoms with Crippen LogP contribution < -0.4 is 10.6 Å². The Kier molecular flexibility index (Phi) is 6.51. The highest BCUT2D eigenvalue weighted by Gasteiger charge is 2.34. The quantitative estimate of drug-likeness (QED) is 0.871. The fraction of sp³-hybridized carbons (Fsp3) is 0.500. The van der Waals surface area contributed by atoms with Crippen LogP contribution in [0.2, 0.25) is 0 Å². The molecular weight excluding hydrogens is 302 g/mol. The minimum atomic E-state index is -0.732. The van der Waals surface area contributed by atoms with Crippen molar-refractivity contribution in [1.82, 2.24) is 10.6 Å². The molecule has 1 atom stereocenters. The van der Waals surface area contributed by atoms with Gasteiger partial charge in [0.15, 0.2) is 0 Å². The molecule has 0 aromatic heterocycles. The first-order valence-corrected chi connectivity index (χ1v) is 6.53. The van der Waals surface area contributed by atoms with Crippen LogP contribution in [0.3, 0.4) is 0 Å². The summed E-state index contributed by atoms with van der Waals surface area (Å²) in [5.74, 6) is -1.99. The maximum Gasteiger partial charge on any atom is 0.254 e. The molecule has 1 unspecified atom stereocenters. The van der Waals surface area contributed by atoms with Gasteiger partial charge in [-0.3, -0.25) is 4.79 Å². The van der Waals surface area contributed by atoms with E-state index in [0.29, 0.717) is 13.2 Å². The van der Waals surface area contributed by atoms with E-state index in [2.05, 4.69) is 10.6 Å². The lowest BCUT2D eigenvalue weighted by atomic mass is 9.98. The molecule has 1 saturated heterocycles. The number of rotatable bonds is 5. The molecule has 2 N–H and O–H groups in total. The zero-order valence-electron chi connectivity index (χ0n) is 11.7. The number of carbonyl (C=O) groups excluding carboxylic acids is 1. The second kappa shape index (κ2) is 7.68. The molecule has 1 aromatic rings. The summed E-state index contributed by atoms with van der Waals surface area (Å²) in [6, 6.07) is 2.83. The van der Waals surface area contributed by atoms with E-state index < -0.39 is 17.5 Å². The van der Waals surface area contributed by atoms with Crippen molar-refractivity contribution >= 4 is 18.3 Å². The molecule has 0 bridgehead atoms. The number of benzene rings is 1. The van der Waals surface area contributed by atoms with Crippen molar-refractivity contribution in [2.45, 2.75) is 18.4 Å². The minimum absolute atomic E-state index is 0. The number of hydrogen-bond donors (Lipinski definition) is 2. The molecule has 0 aliphatic carbocycles. The van der Waals surface area contributed by atoms with Gasteiger partial charge >= 0.3 is 0 Å². The van der Waals surface area contributed by atoms with Crippen molar-refractivity contribution in [1.29, 1.82) is 0 Å². The first kappa shape index (κ1) is 17.8. The van der Waals surface area contributed by atoms with Gasteiger partial charge in [0.1, 0.15) is 11.6 Å². The molecule has 7 heteroatoms. The van der Waals surface area contributed by atoms with Gasteiger partial charge in [-0.1, -0.05) is 0 Å². The van der Waals surface area contributed by atoms with Gasteiger partial charge in [0.05, 0.1) is 17.7 Å². The van der Waals surface area contributed by atoms with Crippen LogP contribution in [-0.2, 0) is 4.74 Å². The Morgan fingerprint density at radius 2 is 2.24 bits per heavy atom. The predicted octanol–water partition coefficient (Wildman–Crippen LogP) is 1.89. The van der Waals surface area contributed by atoms with Crippen LogP contribution in [0.1, 0.15) is 23.2 Å². The van der Waals surface area contributed by atoms with E-state index >= 15 is 0 Å². The third-order valence-electron chi connectivity index (χ3n) is 3.51. The maximum absolute atomic E-state index is 13.5. The molecule has 4 nitrogen and oxygen atoms in total. The van der Waals surface area contributed by atoms with E-state index in [4.69, 9.17) is 4.74 Å². The summed E-state index contributed by atoms with van der Waals surface area (Å²) in [7, 11) is 1.59. The largest absolute Gasteiger partial charge is 0.383 e. The Balaban J connectivity index is 0.00000220. The normalized spacial score (nSPS) is 20.9. The average molecular weight is 321 g/mol. The fourth-order valence-corrected chi connectivity index (χ4v) is 2.49. The van der Waals surface area contributed by atoms with Crippen molar-refractivity contribution in [3.05, 3.63) is 35.4 Å². The number of ether oxygens (including phenoxy) is 1. The molecular formula is C14H19ClF2N2O2. The number of amides is 1. The number of hydrogen-bond acceptors (Lipinski definition) is 3. The molecule has 1 aromatic carbocycles. The SMILES string of the molecule is COCC1(CNC(=O)c2cc(F)ccc2F)CCCN1.Cl. The van der Waals surface area contributed by atoms with Crippen LogP contribution >= 0.6 is 12.4 Å². The van der Waals surface area contributed by atoms with Gasteiger partial charge in [0.25, 0.3) is 5.91 Å². The van der Waals surface area contributed by atoms with Gasteiger partial charge in [0, 0.05) is 13.7 Å². The van der Waals surface area contributed by atoms with Crippen LogP contribution in [0, 0.1) is 11.6 Å². The molecule has 2 rings (SSSR count). The summed E-state index contributed by atoms with van der Waals surface area (Å²) in [6.45, 7) is 1.63. The molecule has 1 fully saturated rings. The number of methoxy groups -OCH3 is 1. The average Bonchev–Trinajstić information content (AvgIpc) is 2.88. The first-order valence-electron chi connectivity index (χ1n) is 6.53. The van der Waals surface area contributed by atoms with Crippen LogP contribution in [-0.4, -0.2) is 38.3 Å². The molecule has 1 heterocycles. The monoisotopic (exact) mass is 320 g/mol. The van der Waals surface area contributed by atoms with Gasteiger partial charge < -0.3 is 15.4 Å². The second-order valence-electron chi connectivity index (χ2n) is 5.05. The zero-order chi connectivity index (χ0) is 14.6. The van der Waals surface area contributed by atoms with Gasteiger partial charge in [-0.25, -0.2) is 8.78 Å². The number of nitrogens with one attached hydrogen (secondary N) is 2. The Morgan fingerprint density at radius 1 is 1.48 bits per heavy atom. The van der Waals surface area contributed by atoms with E-state index in [0.717, 1.165) is 37.6 Å². The van der Waals surface area contributed by atoms with E-state index in [-0.39, 0.29) is 23.5 Å². The Hall–Kier alpha value is -1.24. The standard InChI is InChI=1S/C14H18F2N2O2.ClH/c1-20-9-14(5-2-6-18-14)8-17-13(19)11-7-10(15)3-4-12(11)16;/h3-4,7,18H,2,5-6,8-9H2,1H3,(H,17,19);1H. The lowest BCUT2D eigenvalue weighted by Crippen LogP contribution is -2.53. The van der Waals surface area contributed by atoms with Gasteiger partial charge in [-0.05, 0) is 37.6 Å². The number of carbonyl (C=O) groups is 1. The van der Waals surface area contributed by atoms with Crippen molar-refractivity contribution in [3.8, 4) is 0 Å². The van der Waals surface area contributed by atoms with Crippen LogP contribution in [0.5, 0.6) is 0 Å². The summed E-state index contributed by atoms with van der Waals surface area (Å²) in [5.41, 5.74) is -0.607. The smallest absolute Gasteiger partial charge is 0.254 e. The molecule has 0 saturated carbocycles. The van der Waals surface area contributed by atoms with Crippen LogP contribution in [0.25, 0.3) is 0 Å². The summed E-state index contributed by atoms with van der Waals surface area (Å²) < 4.78 is 31.7. The van der Waals surface area contributed by atoms with Gasteiger partial charge in [-0.2, -0.15) is 0 Å². The molecule has 1 amide bonds. The minimum Gasteiger partial charge on any atom is -0.383 e. The molecule has 0 spiro atoms. The number of halogens is 3. The summed E-state index contributed by atoms with van der Waals surface area (Å²) in [5, 5.41) is 5.94. The van der Waals surface area contributed by atoms with E-state index in [1.165, 1.54) is 0 Å². The van der Waals surface area contributed by atoms with Crippen molar-refractivity contribution in [3.63, 3.8) is 0 Å².